The van der Waals surface area contributed by atoms with Crippen LogP contribution >= 0.6 is 23.2 Å². The Morgan fingerprint density at radius 2 is 1.20 bits per heavy atom. The van der Waals surface area contributed by atoms with Gasteiger partial charge in [-0.15, -0.1) is 0 Å². The van der Waals surface area contributed by atoms with Gasteiger partial charge < -0.3 is 0 Å². The minimum absolute atomic E-state index is 0.00224. The Hall–Kier alpha value is -2.20. The minimum atomic E-state index is -4.81. The van der Waals surface area contributed by atoms with Gasteiger partial charge in [-0.1, -0.05) is 35.3 Å². The predicted molar refractivity (Wildman–Crippen MR) is 104 cm³/mol. The van der Waals surface area contributed by atoms with Crippen LogP contribution < -0.4 is 5.14 Å². The summed E-state index contributed by atoms with van der Waals surface area (Å²) in [6.45, 7) is 0. The highest BCUT2D eigenvalue weighted by Gasteiger charge is 2.36. The largest absolute Gasteiger partial charge is 0.419 e. The molecule has 0 saturated carbocycles. The molecule has 0 fully saturated rings. The Morgan fingerprint density at radius 1 is 0.767 bits per heavy atom. The molecule has 0 aromatic heterocycles. The average Bonchev–Trinajstić information content (AvgIpc) is 2.61. The molecule has 11 heteroatoms. The van der Waals surface area contributed by atoms with Gasteiger partial charge in [-0.25, -0.2) is 22.3 Å². The van der Waals surface area contributed by atoms with Crippen molar-refractivity contribution in [3.05, 3.63) is 75.8 Å². The second-order valence-corrected chi connectivity index (χ2v) is 8.57. The van der Waals surface area contributed by atoms with Crippen LogP contribution in [0.1, 0.15) is 5.56 Å². The first-order chi connectivity index (χ1) is 13.8. The summed E-state index contributed by atoms with van der Waals surface area (Å²) in [5, 5.41) is 3.60. The maximum Gasteiger partial charge on any atom is 0.419 e. The molecule has 0 aliphatic heterocycles. The Kier molecular flexibility index (Phi) is 5.85. The van der Waals surface area contributed by atoms with E-state index in [2.05, 4.69) is 0 Å². The maximum atomic E-state index is 13.9. The lowest BCUT2D eigenvalue weighted by molar-refractivity contribution is -0.137. The molecule has 0 aliphatic carbocycles. The fourth-order valence-corrected chi connectivity index (χ4v) is 4.06. The highest BCUT2D eigenvalue weighted by atomic mass is 35.5. The molecule has 0 bridgehead atoms. The molecule has 0 heterocycles. The van der Waals surface area contributed by atoms with E-state index in [9.17, 15) is 30.4 Å². The quantitative estimate of drug-likeness (QED) is 0.448. The van der Waals surface area contributed by atoms with Crippen molar-refractivity contribution in [1.82, 2.24) is 0 Å². The molecular formula is C19H10Cl2F5NO2S. The van der Waals surface area contributed by atoms with Crippen LogP contribution in [0.25, 0.3) is 22.3 Å². The third-order valence-electron chi connectivity index (χ3n) is 4.19. The summed E-state index contributed by atoms with van der Waals surface area (Å²) < 4.78 is 90.0. The van der Waals surface area contributed by atoms with E-state index in [1.54, 1.807) is 0 Å². The van der Waals surface area contributed by atoms with Crippen LogP contribution in [0.5, 0.6) is 0 Å². The number of rotatable bonds is 3. The lowest BCUT2D eigenvalue weighted by Gasteiger charge is -2.16. The average molecular weight is 482 g/mol. The van der Waals surface area contributed by atoms with Gasteiger partial charge in [0.25, 0.3) is 0 Å². The summed E-state index contributed by atoms with van der Waals surface area (Å²) >= 11 is 11.5. The van der Waals surface area contributed by atoms with Crippen molar-refractivity contribution < 1.29 is 30.4 Å². The SMILES string of the molecule is NS(=O)(=O)c1ccc(-c2cc(F)c(F)cc2-c2cc(Cl)c(C(F)(F)F)c(Cl)c2)cc1. The van der Waals surface area contributed by atoms with Crippen molar-refractivity contribution in [3.63, 3.8) is 0 Å². The standard InChI is InChI=1S/C19H10Cl2F5NO2S/c20-14-5-10(6-15(21)18(14)19(24,25)26)13-8-17(23)16(22)7-12(13)9-1-3-11(4-2-9)30(27,28)29/h1-8H,(H2,27,28,29). The zero-order chi connectivity index (χ0) is 22.4. The number of benzene rings is 3. The fraction of sp³-hybridized carbons (Fsp3) is 0.0526. The molecule has 3 rings (SSSR count). The van der Waals surface area contributed by atoms with Crippen molar-refractivity contribution in [3.8, 4) is 22.3 Å². The molecule has 2 N–H and O–H groups in total. The molecule has 0 aliphatic rings. The van der Waals surface area contributed by atoms with Crippen molar-refractivity contribution in [2.24, 2.45) is 5.14 Å². The van der Waals surface area contributed by atoms with E-state index < -0.39 is 43.4 Å². The lowest BCUT2D eigenvalue weighted by Crippen LogP contribution is -2.11. The number of sulfonamides is 1. The van der Waals surface area contributed by atoms with Crippen LogP contribution in [-0.4, -0.2) is 8.42 Å². The van der Waals surface area contributed by atoms with Gasteiger partial charge in [0.05, 0.1) is 20.5 Å². The van der Waals surface area contributed by atoms with Crippen LogP contribution in [0, 0.1) is 11.6 Å². The van der Waals surface area contributed by atoms with Gasteiger partial charge in [0.1, 0.15) is 0 Å². The second kappa shape index (κ2) is 7.81. The van der Waals surface area contributed by atoms with E-state index in [0.717, 1.165) is 36.4 Å². The van der Waals surface area contributed by atoms with E-state index >= 15 is 0 Å². The van der Waals surface area contributed by atoms with Gasteiger partial charge in [-0.2, -0.15) is 13.2 Å². The zero-order valence-electron chi connectivity index (χ0n) is 14.6. The first-order valence-corrected chi connectivity index (χ1v) is 10.3. The monoisotopic (exact) mass is 481 g/mol. The van der Waals surface area contributed by atoms with Crippen molar-refractivity contribution in [2.75, 3.05) is 0 Å². The fourth-order valence-electron chi connectivity index (χ4n) is 2.85. The Bertz CT molecular complexity index is 1220. The van der Waals surface area contributed by atoms with E-state index in [4.69, 9.17) is 28.3 Å². The molecule has 0 saturated heterocycles. The minimum Gasteiger partial charge on any atom is -0.225 e. The molecule has 0 unspecified atom stereocenters. The van der Waals surface area contributed by atoms with Crippen molar-refractivity contribution in [2.45, 2.75) is 11.1 Å². The summed E-state index contributed by atoms with van der Waals surface area (Å²) in [7, 11) is -3.98. The Balaban J connectivity index is 2.23. The molecule has 3 aromatic rings. The van der Waals surface area contributed by atoms with Gasteiger partial charge in [-0.3, -0.25) is 0 Å². The number of alkyl halides is 3. The van der Waals surface area contributed by atoms with Crippen LogP contribution in [0.4, 0.5) is 22.0 Å². The third kappa shape index (κ3) is 4.44. The summed E-state index contributed by atoms with van der Waals surface area (Å²) in [5.41, 5.74) is -0.932. The molecule has 158 valence electrons. The summed E-state index contributed by atoms with van der Waals surface area (Å²) in [6.07, 6.45) is -4.81. The van der Waals surface area contributed by atoms with E-state index in [1.807, 2.05) is 0 Å². The van der Waals surface area contributed by atoms with Crippen LogP contribution in [0.2, 0.25) is 10.0 Å². The third-order valence-corrected chi connectivity index (χ3v) is 5.72. The van der Waals surface area contributed by atoms with Crippen LogP contribution in [-0.2, 0) is 16.2 Å². The highest BCUT2D eigenvalue weighted by molar-refractivity contribution is 7.89. The summed E-state index contributed by atoms with van der Waals surface area (Å²) in [4.78, 5) is -0.212. The summed E-state index contributed by atoms with van der Waals surface area (Å²) in [6, 6.07) is 8.39. The van der Waals surface area contributed by atoms with Gasteiger partial charge in [-0.05, 0) is 58.7 Å². The molecule has 0 amide bonds. The first-order valence-electron chi connectivity index (χ1n) is 7.98. The molecule has 3 nitrogen and oxygen atoms in total. The topological polar surface area (TPSA) is 60.2 Å². The first kappa shape index (κ1) is 22.5. The predicted octanol–water partition coefficient (Wildman–Crippen LogP) is 6.27. The molecule has 0 atom stereocenters. The van der Waals surface area contributed by atoms with Gasteiger partial charge in [0.2, 0.25) is 10.0 Å². The van der Waals surface area contributed by atoms with E-state index in [1.165, 1.54) is 12.1 Å². The highest BCUT2D eigenvalue weighted by Crippen LogP contribution is 2.43. The summed E-state index contributed by atoms with van der Waals surface area (Å²) in [5.74, 6) is -2.46. The Labute approximate surface area is 177 Å². The van der Waals surface area contributed by atoms with E-state index in [0.29, 0.717) is 0 Å². The van der Waals surface area contributed by atoms with Crippen molar-refractivity contribution >= 4 is 33.2 Å². The molecule has 0 radical (unpaired) electrons. The zero-order valence-corrected chi connectivity index (χ0v) is 16.9. The normalized spacial score (nSPS) is 12.3. The number of hydrogen-bond donors (Lipinski definition) is 1. The number of nitrogens with two attached hydrogens (primary N) is 1. The van der Waals surface area contributed by atoms with Gasteiger partial charge >= 0.3 is 6.18 Å². The number of primary sulfonamides is 1. The maximum absolute atomic E-state index is 13.9. The molecule has 3 aromatic carbocycles. The van der Waals surface area contributed by atoms with E-state index in [-0.39, 0.29) is 27.1 Å². The molecular weight excluding hydrogens is 472 g/mol. The number of halogens is 7. The van der Waals surface area contributed by atoms with Crippen LogP contribution in [0.3, 0.4) is 0 Å². The number of hydrogen-bond acceptors (Lipinski definition) is 2. The van der Waals surface area contributed by atoms with Crippen LogP contribution in [0.15, 0.2) is 53.4 Å². The van der Waals surface area contributed by atoms with Gasteiger partial charge in [0.15, 0.2) is 11.6 Å². The molecule has 30 heavy (non-hydrogen) atoms. The Morgan fingerprint density at radius 3 is 1.60 bits per heavy atom. The second-order valence-electron chi connectivity index (χ2n) is 6.19. The van der Waals surface area contributed by atoms with Gasteiger partial charge in [0, 0.05) is 0 Å². The molecule has 0 spiro atoms. The smallest absolute Gasteiger partial charge is 0.225 e. The lowest BCUT2D eigenvalue weighted by atomic mass is 9.93. The van der Waals surface area contributed by atoms with Crippen molar-refractivity contribution in [1.29, 1.82) is 0 Å².